The number of hydrogen-bond acceptors (Lipinski definition) is 8. The van der Waals surface area contributed by atoms with E-state index in [9.17, 15) is 26.9 Å². The Morgan fingerprint density at radius 1 is 1.15 bits per heavy atom. The van der Waals surface area contributed by atoms with Crippen LogP contribution in [0.5, 0.6) is 0 Å². The Morgan fingerprint density at radius 3 is 2.36 bits per heavy atom. The number of alkyl halides is 3. The molecule has 0 saturated carbocycles. The molecule has 5 atom stereocenters. The van der Waals surface area contributed by atoms with Crippen LogP contribution in [0.1, 0.15) is 60.8 Å². The van der Waals surface area contributed by atoms with Gasteiger partial charge in [0.15, 0.2) is 0 Å². The maximum Gasteiger partial charge on any atom is 0.534 e. The molecule has 4 aliphatic rings. The van der Waals surface area contributed by atoms with Crippen LogP contribution in [0.2, 0.25) is 18.1 Å². The fraction of sp³-hybridized carbons (Fsp3) is 0.808. The molecule has 0 amide bonds. The van der Waals surface area contributed by atoms with Gasteiger partial charge in [0.25, 0.3) is 0 Å². The summed E-state index contributed by atoms with van der Waals surface area (Å²) in [4.78, 5) is 0. The van der Waals surface area contributed by atoms with E-state index >= 15 is 0 Å². The predicted molar refractivity (Wildman–Crippen MR) is 138 cm³/mol. The van der Waals surface area contributed by atoms with Crippen molar-refractivity contribution in [3.05, 3.63) is 22.7 Å². The number of fused-ring (bicyclic) bond motifs is 2. The number of rotatable bonds is 5. The van der Waals surface area contributed by atoms with Crippen molar-refractivity contribution >= 4 is 18.4 Å². The summed E-state index contributed by atoms with van der Waals surface area (Å²) in [6.45, 7) is 15.5. The third-order valence-electron chi connectivity index (χ3n) is 9.43. The van der Waals surface area contributed by atoms with Crippen molar-refractivity contribution in [2.45, 2.75) is 102 Å². The van der Waals surface area contributed by atoms with Gasteiger partial charge in [0.2, 0.25) is 8.32 Å². The molecule has 2 aliphatic carbocycles. The molecular weight excluding hydrogens is 555 g/mol. The zero-order valence-electron chi connectivity index (χ0n) is 23.7. The molecule has 13 heteroatoms. The summed E-state index contributed by atoms with van der Waals surface area (Å²) in [6, 6.07) is 2.36. The molecule has 4 rings (SSSR count). The molecule has 0 aromatic rings. The van der Waals surface area contributed by atoms with Crippen molar-refractivity contribution in [3.8, 4) is 6.07 Å². The first kappa shape index (κ1) is 30.4. The van der Waals surface area contributed by atoms with Crippen LogP contribution in [0.4, 0.5) is 13.2 Å². The van der Waals surface area contributed by atoms with E-state index in [-0.39, 0.29) is 36.0 Å². The van der Waals surface area contributed by atoms with Gasteiger partial charge in [-0.15, -0.1) is 0 Å². The van der Waals surface area contributed by atoms with E-state index in [1.54, 1.807) is 20.8 Å². The van der Waals surface area contributed by atoms with E-state index < -0.39 is 47.0 Å². The first-order valence-electron chi connectivity index (χ1n) is 13.1. The van der Waals surface area contributed by atoms with Gasteiger partial charge < -0.3 is 22.8 Å². The molecule has 8 nitrogen and oxygen atoms in total. The lowest BCUT2D eigenvalue weighted by molar-refractivity contribution is -0.114. The van der Waals surface area contributed by atoms with Crippen LogP contribution in [0.25, 0.3) is 0 Å². The van der Waals surface area contributed by atoms with E-state index in [0.717, 1.165) is 0 Å². The van der Waals surface area contributed by atoms with Gasteiger partial charge in [-0.2, -0.15) is 26.9 Å². The van der Waals surface area contributed by atoms with E-state index in [2.05, 4.69) is 39.9 Å². The van der Waals surface area contributed by atoms with E-state index in [1.807, 2.05) is 0 Å². The molecule has 2 saturated heterocycles. The van der Waals surface area contributed by atoms with Crippen LogP contribution < -0.4 is 0 Å². The Balaban J connectivity index is 1.80. The second-order valence-corrected chi connectivity index (χ2v) is 19.3. The molecule has 0 aromatic carbocycles. The summed E-state index contributed by atoms with van der Waals surface area (Å²) in [5.74, 6) is -0.427. The number of hydrogen-bond donors (Lipinski definition) is 0. The Hall–Kier alpha value is -1.59. The average molecular weight is 594 g/mol. The fourth-order valence-electron chi connectivity index (χ4n) is 6.16. The Labute approximate surface area is 229 Å². The van der Waals surface area contributed by atoms with E-state index in [1.165, 1.54) is 0 Å². The van der Waals surface area contributed by atoms with Gasteiger partial charge in [-0.3, -0.25) is 0 Å². The molecule has 2 bridgehead atoms. The highest BCUT2D eigenvalue weighted by molar-refractivity contribution is 7.87. The largest absolute Gasteiger partial charge is 0.544 e. The maximum atomic E-state index is 13.3. The average Bonchev–Trinajstić information content (AvgIpc) is 3.41. The minimum atomic E-state index is -5.91. The van der Waals surface area contributed by atoms with Crippen molar-refractivity contribution in [1.29, 1.82) is 5.26 Å². The first-order chi connectivity index (χ1) is 17.7. The smallest absolute Gasteiger partial charge is 0.534 e. The molecule has 0 radical (unpaired) electrons. The van der Waals surface area contributed by atoms with Crippen LogP contribution in [0.3, 0.4) is 0 Å². The molecular formula is C26H38F3NO7SSi. The van der Waals surface area contributed by atoms with Gasteiger partial charge in [0.05, 0.1) is 29.8 Å². The topological polar surface area (TPSA) is 104 Å². The van der Waals surface area contributed by atoms with Crippen LogP contribution in [-0.2, 0) is 32.9 Å². The number of ether oxygens (including phenoxy) is 3. The quantitative estimate of drug-likeness (QED) is 0.221. The second-order valence-electron chi connectivity index (χ2n) is 13.1. The Morgan fingerprint density at radius 2 is 1.79 bits per heavy atom. The summed E-state index contributed by atoms with van der Waals surface area (Å²) in [7, 11) is -8.27. The zero-order valence-corrected chi connectivity index (χ0v) is 25.5. The lowest BCUT2D eigenvalue weighted by atomic mass is 9.59. The summed E-state index contributed by atoms with van der Waals surface area (Å²) >= 11 is 0. The van der Waals surface area contributed by atoms with E-state index in [0.29, 0.717) is 36.4 Å². The fourth-order valence-corrected chi connectivity index (χ4v) is 7.93. The van der Waals surface area contributed by atoms with Gasteiger partial charge in [-0.05, 0) is 69.7 Å². The minimum Gasteiger partial charge on any atom is -0.544 e. The molecule has 2 fully saturated rings. The highest BCUT2D eigenvalue weighted by Crippen LogP contribution is 2.59. The molecule has 1 spiro atoms. The third kappa shape index (κ3) is 4.73. The van der Waals surface area contributed by atoms with Gasteiger partial charge in [0.1, 0.15) is 30.0 Å². The highest BCUT2D eigenvalue weighted by Gasteiger charge is 2.66. The number of halogens is 3. The van der Waals surface area contributed by atoms with Crippen LogP contribution in [-0.4, -0.2) is 53.5 Å². The standard InChI is InChI=1S/C26H38F3NO7SSi/c1-15-9-10-25(24(5,6)21(15)36-38(31,32)26(27,28)29)22(34-14-35-25)19-16-11-18(33-13-16)20(17(19)12-30)37-39(7,8)23(2,3)4/h16,18-19,22H,9-11,13-14H2,1-8H3/t16-,18-,19-,22+,25?/m1/s1. The van der Waals surface area contributed by atoms with Gasteiger partial charge in [-0.1, -0.05) is 20.8 Å². The highest BCUT2D eigenvalue weighted by atomic mass is 32.2. The van der Waals surface area contributed by atoms with Crippen LogP contribution in [0, 0.1) is 28.6 Å². The summed E-state index contributed by atoms with van der Waals surface area (Å²) in [6.07, 6.45) is 0.0666. The van der Waals surface area contributed by atoms with Crippen molar-refractivity contribution in [3.63, 3.8) is 0 Å². The van der Waals surface area contributed by atoms with Crippen molar-refractivity contribution in [2.75, 3.05) is 13.4 Å². The van der Waals surface area contributed by atoms with Gasteiger partial charge in [-0.25, -0.2) is 0 Å². The Bertz CT molecular complexity index is 1230. The normalized spacial score (nSPS) is 33.5. The maximum absolute atomic E-state index is 13.3. The predicted octanol–water partition coefficient (Wildman–Crippen LogP) is 5.89. The van der Waals surface area contributed by atoms with E-state index in [4.69, 9.17) is 22.8 Å². The first-order valence-corrected chi connectivity index (χ1v) is 17.4. The molecule has 0 aromatic heterocycles. The van der Waals surface area contributed by atoms with Crippen molar-refractivity contribution in [1.82, 2.24) is 0 Å². The summed E-state index contributed by atoms with van der Waals surface area (Å²) in [5, 5.41) is 10.3. The SMILES string of the molecule is CC1=C(OS(=O)(=O)C(F)(F)F)C(C)(C)C2(CC1)OCO[C@H]2[C@H]1C(C#N)=C(O[Si](C)(C)C(C)(C)C)[C@H]2C[C@@H]1CO2. The van der Waals surface area contributed by atoms with Gasteiger partial charge >= 0.3 is 15.6 Å². The lowest BCUT2D eigenvalue weighted by Gasteiger charge is -2.52. The van der Waals surface area contributed by atoms with Crippen LogP contribution >= 0.6 is 0 Å². The number of nitriles is 1. The molecule has 39 heavy (non-hydrogen) atoms. The molecule has 0 N–H and O–H groups in total. The lowest BCUT2D eigenvalue weighted by Crippen LogP contribution is -2.59. The summed E-state index contributed by atoms with van der Waals surface area (Å²) in [5.41, 5.74) is -7.39. The van der Waals surface area contributed by atoms with Crippen molar-refractivity contribution in [2.24, 2.45) is 17.3 Å². The molecule has 2 aliphatic heterocycles. The Kier molecular flexibility index (Phi) is 7.38. The van der Waals surface area contributed by atoms with Crippen molar-refractivity contribution < 1.29 is 44.4 Å². The molecule has 2 heterocycles. The second kappa shape index (κ2) is 9.47. The number of allylic oxidation sites excluding steroid dienone is 1. The molecule has 220 valence electrons. The zero-order chi connectivity index (χ0) is 29.4. The van der Waals surface area contributed by atoms with Gasteiger partial charge in [0, 0.05) is 5.92 Å². The van der Waals surface area contributed by atoms with Crippen LogP contribution in [0.15, 0.2) is 22.7 Å². The molecule has 1 unspecified atom stereocenters. The minimum absolute atomic E-state index is 0.105. The third-order valence-corrected chi connectivity index (χ3v) is 14.7. The summed E-state index contributed by atoms with van der Waals surface area (Å²) < 4.78 is 94.0. The monoisotopic (exact) mass is 593 g/mol. The number of nitrogens with zero attached hydrogens (tertiary/aromatic N) is 1.